The van der Waals surface area contributed by atoms with Gasteiger partial charge in [0.15, 0.2) is 5.84 Å². The second kappa shape index (κ2) is 5.16. The maximum Gasteiger partial charge on any atom is 0.187 e. The average Bonchev–Trinajstić information content (AvgIpc) is 3.02. The molecule has 106 valence electrons. The number of ether oxygens (including phenoxy) is 1. The summed E-state index contributed by atoms with van der Waals surface area (Å²) in [6, 6.07) is 11.2. The molecule has 1 aromatic carbocycles. The summed E-state index contributed by atoms with van der Waals surface area (Å²) in [5, 5.41) is 13.9. The lowest BCUT2D eigenvalue weighted by atomic mass is 10.1. The van der Waals surface area contributed by atoms with E-state index in [0.29, 0.717) is 11.5 Å². The SMILES string of the molecule is COc1ccc2c(-n3cccc3/C(N)=N/O)nccc2c1. The number of methoxy groups -OCH3 is 1. The topological polar surface area (TPSA) is 85.7 Å². The van der Waals surface area contributed by atoms with Gasteiger partial charge in [-0.3, -0.25) is 4.57 Å². The van der Waals surface area contributed by atoms with E-state index < -0.39 is 0 Å². The highest BCUT2D eigenvalue weighted by molar-refractivity contribution is 5.97. The highest BCUT2D eigenvalue weighted by Crippen LogP contribution is 2.25. The Morgan fingerprint density at radius 3 is 2.95 bits per heavy atom. The van der Waals surface area contributed by atoms with E-state index in [4.69, 9.17) is 15.7 Å². The number of nitrogens with zero attached hydrogens (tertiary/aromatic N) is 3. The average molecular weight is 282 g/mol. The molecule has 0 spiro atoms. The zero-order valence-electron chi connectivity index (χ0n) is 11.4. The maximum atomic E-state index is 8.87. The van der Waals surface area contributed by atoms with Gasteiger partial charge < -0.3 is 15.7 Å². The normalized spacial score (nSPS) is 11.8. The lowest BCUT2D eigenvalue weighted by Gasteiger charge is -2.11. The summed E-state index contributed by atoms with van der Waals surface area (Å²) in [6.45, 7) is 0. The second-order valence-electron chi connectivity index (χ2n) is 4.47. The lowest BCUT2D eigenvalue weighted by molar-refractivity contribution is 0.318. The van der Waals surface area contributed by atoms with Crippen molar-refractivity contribution in [1.82, 2.24) is 9.55 Å². The number of amidine groups is 1. The van der Waals surface area contributed by atoms with Crippen molar-refractivity contribution < 1.29 is 9.94 Å². The number of benzene rings is 1. The third-order valence-corrected chi connectivity index (χ3v) is 3.30. The van der Waals surface area contributed by atoms with E-state index in [2.05, 4.69) is 10.1 Å². The van der Waals surface area contributed by atoms with Crippen LogP contribution in [0.5, 0.6) is 5.75 Å². The number of oxime groups is 1. The number of fused-ring (bicyclic) bond motifs is 1. The third-order valence-electron chi connectivity index (χ3n) is 3.30. The first-order valence-corrected chi connectivity index (χ1v) is 6.33. The first-order chi connectivity index (χ1) is 10.2. The van der Waals surface area contributed by atoms with Gasteiger partial charge in [-0.2, -0.15) is 0 Å². The molecule has 0 aliphatic rings. The summed E-state index contributed by atoms with van der Waals surface area (Å²) in [6.07, 6.45) is 3.53. The fourth-order valence-corrected chi connectivity index (χ4v) is 2.28. The maximum absolute atomic E-state index is 8.87. The van der Waals surface area contributed by atoms with Crippen molar-refractivity contribution in [2.24, 2.45) is 10.9 Å². The monoisotopic (exact) mass is 282 g/mol. The van der Waals surface area contributed by atoms with Gasteiger partial charge in [-0.25, -0.2) is 4.98 Å². The Hall–Kier alpha value is -3.02. The predicted octanol–water partition coefficient (Wildman–Crippen LogP) is 2.13. The molecule has 0 atom stereocenters. The van der Waals surface area contributed by atoms with Crippen molar-refractivity contribution in [1.29, 1.82) is 0 Å². The Balaban J connectivity index is 2.24. The molecule has 21 heavy (non-hydrogen) atoms. The van der Waals surface area contributed by atoms with Crippen molar-refractivity contribution in [3.8, 4) is 11.6 Å². The van der Waals surface area contributed by atoms with Crippen molar-refractivity contribution in [2.75, 3.05) is 7.11 Å². The molecule has 0 unspecified atom stereocenters. The first-order valence-electron chi connectivity index (χ1n) is 6.33. The molecule has 6 heteroatoms. The Morgan fingerprint density at radius 2 is 2.19 bits per heavy atom. The van der Waals surface area contributed by atoms with Crippen LogP contribution in [0, 0.1) is 0 Å². The van der Waals surface area contributed by atoms with Crippen LogP contribution in [-0.2, 0) is 0 Å². The molecule has 6 nitrogen and oxygen atoms in total. The zero-order valence-corrected chi connectivity index (χ0v) is 11.4. The van der Waals surface area contributed by atoms with Crippen molar-refractivity contribution in [2.45, 2.75) is 0 Å². The molecular weight excluding hydrogens is 268 g/mol. The lowest BCUT2D eigenvalue weighted by Crippen LogP contribution is -2.17. The summed E-state index contributed by atoms with van der Waals surface area (Å²) in [5.41, 5.74) is 6.28. The third kappa shape index (κ3) is 2.16. The van der Waals surface area contributed by atoms with E-state index in [1.54, 1.807) is 23.9 Å². The number of hydrogen-bond acceptors (Lipinski definition) is 4. The van der Waals surface area contributed by atoms with Crippen LogP contribution in [0.2, 0.25) is 0 Å². The molecule has 3 rings (SSSR count). The van der Waals surface area contributed by atoms with E-state index in [1.165, 1.54) is 0 Å². The molecule has 0 saturated heterocycles. The van der Waals surface area contributed by atoms with Gasteiger partial charge >= 0.3 is 0 Å². The van der Waals surface area contributed by atoms with Gasteiger partial charge in [0.05, 0.1) is 12.8 Å². The molecular formula is C15H14N4O2. The van der Waals surface area contributed by atoms with Crippen LogP contribution in [0.15, 0.2) is 53.9 Å². The van der Waals surface area contributed by atoms with E-state index in [9.17, 15) is 0 Å². The van der Waals surface area contributed by atoms with Gasteiger partial charge in [0, 0.05) is 17.8 Å². The zero-order chi connectivity index (χ0) is 14.8. The van der Waals surface area contributed by atoms with Crippen LogP contribution < -0.4 is 10.5 Å². The van der Waals surface area contributed by atoms with Crippen LogP contribution in [0.3, 0.4) is 0 Å². The Bertz CT molecular complexity index is 823. The Labute approximate surface area is 121 Å². The molecule has 0 radical (unpaired) electrons. The van der Waals surface area contributed by atoms with Crippen LogP contribution in [0.4, 0.5) is 0 Å². The van der Waals surface area contributed by atoms with E-state index in [1.807, 2.05) is 36.5 Å². The Morgan fingerprint density at radius 1 is 1.33 bits per heavy atom. The molecule has 0 amide bonds. The van der Waals surface area contributed by atoms with Gasteiger partial charge in [-0.15, -0.1) is 0 Å². The quantitative estimate of drug-likeness (QED) is 0.333. The molecule has 0 fully saturated rings. The minimum Gasteiger partial charge on any atom is -0.497 e. The number of nitrogens with two attached hydrogens (primary N) is 1. The van der Waals surface area contributed by atoms with Crippen LogP contribution in [0.25, 0.3) is 16.6 Å². The highest BCUT2D eigenvalue weighted by Gasteiger charge is 2.11. The van der Waals surface area contributed by atoms with Crippen LogP contribution in [0.1, 0.15) is 5.69 Å². The van der Waals surface area contributed by atoms with Gasteiger partial charge in [0.2, 0.25) is 0 Å². The van der Waals surface area contributed by atoms with Gasteiger partial charge in [-0.05, 0) is 41.8 Å². The fourth-order valence-electron chi connectivity index (χ4n) is 2.28. The summed E-state index contributed by atoms with van der Waals surface area (Å²) >= 11 is 0. The van der Waals surface area contributed by atoms with Crippen LogP contribution in [-0.4, -0.2) is 27.7 Å². The summed E-state index contributed by atoms with van der Waals surface area (Å²) < 4.78 is 7.01. The number of rotatable bonds is 3. The predicted molar refractivity (Wildman–Crippen MR) is 80.1 cm³/mol. The van der Waals surface area contributed by atoms with Crippen molar-refractivity contribution >= 4 is 16.6 Å². The second-order valence-corrected chi connectivity index (χ2v) is 4.47. The summed E-state index contributed by atoms with van der Waals surface area (Å²) in [4.78, 5) is 4.41. The minimum absolute atomic E-state index is 0.0346. The molecule has 0 aliphatic heterocycles. The molecule has 2 heterocycles. The Kier molecular flexibility index (Phi) is 3.19. The number of hydrogen-bond donors (Lipinski definition) is 2. The molecule has 0 saturated carbocycles. The minimum atomic E-state index is 0.0346. The van der Waals surface area contributed by atoms with E-state index in [-0.39, 0.29) is 5.84 Å². The molecule has 0 bridgehead atoms. The van der Waals surface area contributed by atoms with Gasteiger partial charge in [0.1, 0.15) is 11.6 Å². The van der Waals surface area contributed by atoms with Gasteiger partial charge in [0.25, 0.3) is 0 Å². The summed E-state index contributed by atoms with van der Waals surface area (Å²) in [5.74, 6) is 1.53. The van der Waals surface area contributed by atoms with E-state index in [0.717, 1.165) is 16.5 Å². The van der Waals surface area contributed by atoms with Gasteiger partial charge in [-0.1, -0.05) is 5.16 Å². The summed E-state index contributed by atoms with van der Waals surface area (Å²) in [7, 11) is 1.63. The van der Waals surface area contributed by atoms with Crippen molar-refractivity contribution in [3.05, 3.63) is 54.5 Å². The molecule has 0 aliphatic carbocycles. The van der Waals surface area contributed by atoms with Crippen LogP contribution >= 0.6 is 0 Å². The molecule has 3 N–H and O–H groups in total. The number of aromatic nitrogens is 2. The number of pyridine rings is 1. The standard InChI is InChI=1S/C15H14N4O2/c1-21-11-4-5-12-10(9-11)6-7-17-15(12)19-8-2-3-13(19)14(16)18-20/h2-9,20H,1H3,(H2,16,18). The fraction of sp³-hybridized carbons (Fsp3) is 0.0667. The van der Waals surface area contributed by atoms with E-state index >= 15 is 0 Å². The smallest absolute Gasteiger partial charge is 0.187 e. The molecule has 2 aromatic heterocycles. The first kappa shape index (κ1) is 13.0. The highest BCUT2D eigenvalue weighted by atomic mass is 16.5. The van der Waals surface area contributed by atoms with Crippen molar-refractivity contribution in [3.63, 3.8) is 0 Å². The molecule has 3 aromatic rings. The largest absolute Gasteiger partial charge is 0.497 e.